The molecule has 2 unspecified atom stereocenters. The summed E-state index contributed by atoms with van der Waals surface area (Å²) in [6, 6.07) is 0.470. The Hall–Kier alpha value is -0.710. The van der Waals surface area contributed by atoms with Crippen molar-refractivity contribution in [3.8, 4) is 0 Å². The molecule has 0 saturated carbocycles. The summed E-state index contributed by atoms with van der Waals surface area (Å²) in [6.45, 7) is 6.31. The Kier molecular flexibility index (Phi) is 1.75. The van der Waals surface area contributed by atoms with Gasteiger partial charge >= 0.3 is 0 Å². The average Bonchev–Trinajstić information content (AvgIpc) is 2.35. The third-order valence-electron chi connectivity index (χ3n) is 2.12. The van der Waals surface area contributed by atoms with Gasteiger partial charge in [0.15, 0.2) is 0 Å². The van der Waals surface area contributed by atoms with Crippen LogP contribution in [0.2, 0.25) is 0 Å². The Bertz CT molecular complexity index is 296. The molecule has 0 saturated heterocycles. The number of fused-ring (bicyclic) bond motifs is 1. The summed E-state index contributed by atoms with van der Waals surface area (Å²) in [6.07, 6.45) is 0. The Balaban J connectivity index is 2.36. The van der Waals surface area contributed by atoms with Gasteiger partial charge in [0.2, 0.25) is 5.16 Å². The molecule has 1 N–H and O–H groups in total. The first-order valence-electron chi connectivity index (χ1n) is 4.03. The van der Waals surface area contributed by atoms with Gasteiger partial charge in [-0.25, -0.2) is 4.68 Å². The highest BCUT2D eigenvalue weighted by Gasteiger charge is 2.24. The van der Waals surface area contributed by atoms with Crippen LogP contribution in [0.15, 0.2) is 5.16 Å². The molecule has 1 aromatic rings. The number of thioether (sulfide) groups is 1. The van der Waals surface area contributed by atoms with Crippen molar-refractivity contribution in [3.05, 3.63) is 5.82 Å². The molecule has 4 nitrogen and oxygen atoms in total. The summed E-state index contributed by atoms with van der Waals surface area (Å²) in [5, 5.41) is 9.58. The van der Waals surface area contributed by atoms with E-state index in [2.05, 4.69) is 29.5 Å². The fraction of sp³-hybridized carbons (Fsp3) is 0.714. The Labute approximate surface area is 75.7 Å². The normalized spacial score (nSPS) is 27.9. The predicted octanol–water partition coefficient (Wildman–Crippen LogP) is 1.01. The zero-order chi connectivity index (χ0) is 8.72. The number of nitrogens with zero attached hydrogens (tertiary/aromatic N) is 3. The zero-order valence-corrected chi connectivity index (χ0v) is 8.22. The van der Waals surface area contributed by atoms with Crippen LogP contribution >= 0.6 is 11.8 Å². The molecule has 0 fully saturated rings. The average molecular weight is 184 g/mol. The van der Waals surface area contributed by atoms with Crippen LogP contribution in [0.5, 0.6) is 0 Å². The van der Waals surface area contributed by atoms with Gasteiger partial charge in [-0.2, -0.15) is 0 Å². The van der Waals surface area contributed by atoms with Crippen LogP contribution in [0.1, 0.15) is 19.7 Å². The molecule has 0 aromatic carbocycles. The van der Waals surface area contributed by atoms with Gasteiger partial charge in [0, 0.05) is 5.25 Å². The summed E-state index contributed by atoms with van der Waals surface area (Å²) in [4.78, 5) is 0. The van der Waals surface area contributed by atoms with E-state index in [0.717, 1.165) is 11.0 Å². The number of aryl methyl sites for hydroxylation is 1. The van der Waals surface area contributed by atoms with Crippen LogP contribution in [-0.2, 0) is 0 Å². The second-order valence-corrected chi connectivity index (χ2v) is 4.45. The van der Waals surface area contributed by atoms with Crippen molar-refractivity contribution in [1.29, 1.82) is 0 Å². The van der Waals surface area contributed by atoms with Crippen molar-refractivity contribution in [2.45, 2.75) is 37.2 Å². The monoisotopic (exact) mass is 184 g/mol. The molecule has 1 aliphatic heterocycles. The highest BCUT2D eigenvalue weighted by Crippen LogP contribution is 2.27. The molecule has 1 aliphatic rings. The van der Waals surface area contributed by atoms with Crippen LogP contribution in [0, 0.1) is 6.92 Å². The van der Waals surface area contributed by atoms with E-state index in [-0.39, 0.29) is 0 Å². The van der Waals surface area contributed by atoms with E-state index in [0.29, 0.717) is 11.3 Å². The number of hydrogen-bond acceptors (Lipinski definition) is 4. The Morgan fingerprint density at radius 3 is 2.92 bits per heavy atom. The predicted molar refractivity (Wildman–Crippen MR) is 48.9 cm³/mol. The minimum Gasteiger partial charge on any atom is -0.318 e. The number of nitrogens with one attached hydrogen (secondary N) is 1. The first kappa shape index (κ1) is 7.91. The van der Waals surface area contributed by atoms with Crippen LogP contribution in [-0.4, -0.2) is 26.2 Å². The summed E-state index contributed by atoms with van der Waals surface area (Å²) in [7, 11) is 0. The number of hydrogen-bond donors (Lipinski definition) is 1. The lowest BCUT2D eigenvalue weighted by molar-refractivity contribution is 0.605. The van der Waals surface area contributed by atoms with Crippen LogP contribution in [0.3, 0.4) is 0 Å². The topological polar surface area (TPSA) is 42.7 Å². The van der Waals surface area contributed by atoms with E-state index in [1.807, 2.05) is 11.6 Å². The molecule has 1 aromatic heterocycles. The van der Waals surface area contributed by atoms with Gasteiger partial charge in [-0.3, -0.25) is 0 Å². The highest BCUT2D eigenvalue weighted by molar-refractivity contribution is 7.99. The fourth-order valence-electron chi connectivity index (χ4n) is 1.14. The zero-order valence-electron chi connectivity index (χ0n) is 7.40. The maximum Gasteiger partial charge on any atom is 0.210 e. The first-order valence-corrected chi connectivity index (χ1v) is 4.91. The lowest BCUT2D eigenvalue weighted by Gasteiger charge is -2.28. The largest absolute Gasteiger partial charge is 0.318 e. The lowest BCUT2D eigenvalue weighted by atomic mass is 10.3. The van der Waals surface area contributed by atoms with Gasteiger partial charge in [0.1, 0.15) is 5.82 Å². The molecule has 0 bridgehead atoms. The van der Waals surface area contributed by atoms with Crippen molar-refractivity contribution in [2.24, 2.45) is 0 Å². The molecule has 66 valence electrons. The minimum atomic E-state index is 0.470. The molecular weight excluding hydrogens is 172 g/mol. The van der Waals surface area contributed by atoms with Gasteiger partial charge in [0.25, 0.3) is 0 Å². The summed E-state index contributed by atoms with van der Waals surface area (Å²) in [5.74, 6) is 0.927. The summed E-state index contributed by atoms with van der Waals surface area (Å²) < 4.78 is 1.95. The van der Waals surface area contributed by atoms with E-state index < -0.39 is 0 Å². The second kappa shape index (κ2) is 2.65. The molecule has 2 rings (SSSR count). The van der Waals surface area contributed by atoms with E-state index in [1.165, 1.54) is 0 Å². The molecule has 0 aliphatic carbocycles. The molecule has 0 amide bonds. The van der Waals surface area contributed by atoms with Crippen molar-refractivity contribution < 1.29 is 0 Å². The van der Waals surface area contributed by atoms with Crippen molar-refractivity contribution in [3.63, 3.8) is 0 Å². The molecule has 0 radical (unpaired) electrons. The van der Waals surface area contributed by atoms with Crippen molar-refractivity contribution in [2.75, 3.05) is 5.43 Å². The highest BCUT2D eigenvalue weighted by atomic mass is 32.2. The van der Waals surface area contributed by atoms with Gasteiger partial charge in [-0.05, 0) is 13.8 Å². The Morgan fingerprint density at radius 2 is 2.17 bits per heavy atom. The molecule has 2 heterocycles. The molecule has 12 heavy (non-hydrogen) atoms. The van der Waals surface area contributed by atoms with Crippen LogP contribution in [0.4, 0.5) is 0 Å². The summed E-state index contributed by atoms with van der Waals surface area (Å²) in [5.41, 5.74) is 3.33. The smallest absolute Gasteiger partial charge is 0.210 e. The first-order chi connectivity index (χ1) is 5.68. The van der Waals surface area contributed by atoms with Crippen LogP contribution in [0.25, 0.3) is 0 Å². The number of rotatable bonds is 0. The molecule has 0 spiro atoms. The molecule has 2 atom stereocenters. The lowest BCUT2D eigenvalue weighted by Crippen LogP contribution is -2.37. The van der Waals surface area contributed by atoms with E-state index >= 15 is 0 Å². The van der Waals surface area contributed by atoms with E-state index in [1.54, 1.807) is 11.8 Å². The van der Waals surface area contributed by atoms with Crippen molar-refractivity contribution >= 4 is 11.8 Å². The van der Waals surface area contributed by atoms with Gasteiger partial charge in [-0.15, -0.1) is 10.2 Å². The van der Waals surface area contributed by atoms with Crippen molar-refractivity contribution in [1.82, 2.24) is 14.9 Å². The van der Waals surface area contributed by atoms with E-state index in [9.17, 15) is 0 Å². The molecule has 5 heteroatoms. The minimum absolute atomic E-state index is 0.470. The van der Waals surface area contributed by atoms with Gasteiger partial charge < -0.3 is 5.43 Å². The maximum atomic E-state index is 4.05. The third kappa shape index (κ3) is 1.08. The van der Waals surface area contributed by atoms with E-state index in [4.69, 9.17) is 0 Å². The maximum absolute atomic E-state index is 4.05. The van der Waals surface area contributed by atoms with Crippen LogP contribution < -0.4 is 5.43 Å². The SMILES string of the molecule is Cc1nnc2n1NC(C)C(C)S2. The standard InChI is InChI=1S/C7H12N4S/c1-4-5(2)12-7-9-8-6(3)11(7)10-4/h4-5,10H,1-3H3. The number of aromatic nitrogens is 3. The fourth-order valence-corrected chi connectivity index (χ4v) is 2.12. The van der Waals surface area contributed by atoms with Gasteiger partial charge in [-0.1, -0.05) is 18.7 Å². The molecular formula is C7H12N4S. The van der Waals surface area contributed by atoms with Gasteiger partial charge in [0.05, 0.1) is 6.04 Å². The third-order valence-corrected chi connectivity index (χ3v) is 3.38. The second-order valence-electron chi connectivity index (χ2n) is 3.11. The Morgan fingerprint density at radius 1 is 1.42 bits per heavy atom. The summed E-state index contributed by atoms with van der Waals surface area (Å²) >= 11 is 1.77. The quantitative estimate of drug-likeness (QED) is 0.653.